The summed E-state index contributed by atoms with van der Waals surface area (Å²) in [5, 5.41) is 10.4. The number of rotatable bonds is 11. The highest BCUT2D eigenvalue weighted by Gasteiger charge is 2.67. The molecule has 4 fully saturated rings. The van der Waals surface area contributed by atoms with Gasteiger partial charge >= 0.3 is 5.97 Å². The Kier molecular flexibility index (Phi) is 9.45. The third-order valence-electron chi connectivity index (χ3n) is 11.9. The molecule has 0 N–H and O–H groups in total. The molecule has 4 atom stereocenters. The van der Waals surface area contributed by atoms with E-state index in [9.17, 15) is 18.5 Å². The molecule has 2 bridgehead atoms. The van der Waals surface area contributed by atoms with E-state index in [1.54, 1.807) is 0 Å². The number of nitriles is 1. The van der Waals surface area contributed by atoms with Crippen molar-refractivity contribution >= 4 is 16.0 Å². The van der Waals surface area contributed by atoms with Gasteiger partial charge in [-0.25, -0.2) is 8.42 Å². The highest BCUT2D eigenvalue weighted by Crippen LogP contribution is 2.67. The summed E-state index contributed by atoms with van der Waals surface area (Å²) in [6.45, 7) is 6.39. The highest BCUT2D eigenvalue weighted by molar-refractivity contribution is 7.89. The second-order valence-corrected chi connectivity index (χ2v) is 16.4. The number of carbonyl (C=O) groups is 1. The third kappa shape index (κ3) is 5.80. The van der Waals surface area contributed by atoms with Gasteiger partial charge < -0.3 is 4.74 Å². The lowest BCUT2D eigenvalue weighted by atomic mass is 9.69. The predicted molar refractivity (Wildman–Crippen MR) is 166 cm³/mol. The standard InChI is InChI=1S/C35H52N2O4S/c1-4-21-34(25-36,24-27-14-8-5-9-15-27)32(38)41-31-23-28-20-22-35(31,33(28,2)3)26-42(39,40)37(29-16-10-6-11-17-29)30-18-12-7-13-19-30/h5,8-9,14-15,28-31H,4,6-7,10-13,16-24,26H2,1-3H3/t28-,31-,34?,35-/m1/s1. The number of hydrogen-bond acceptors (Lipinski definition) is 5. The van der Waals surface area contributed by atoms with Gasteiger partial charge in [0.15, 0.2) is 5.41 Å². The van der Waals surface area contributed by atoms with E-state index in [1.807, 2.05) is 41.6 Å². The normalized spacial score (nSPS) is 29.7. The van der Waals surface area contributed by atoms with Crippen LogP contribution in [0, 0.1) is 33.5 Å². The summed E-state index contributed by atoms with van der Waals surface area (Å²) < 4.78 is 37.9. The Morgan fingerprint density at radius 1 is 1.00 bits per heavy atom. The lowest BCUT2D eigenvalue weighted by molar-refractivity contribution is -0.166. The van der Waals surface area contributed by atoms with Gasteiger partial charge in [-0.3, -0.25) is 4.79 Å². The van der Waals surface area contributed by atoms with Crippen LogP contribution in [0.5, 0.6) is 0 Å². The maximum absolute atomic E-state index is 14.7. The molecule has 1 aromatic carbocycles. The first-order valence-corrected chi connectivity index (χ1v) is 18.4. The summed E-state index contributed by atoms with van der Waals surface area (Å²) in [5.74, 6) is -0.127. The average Bonchev–Trinajstić information content (AvgIpc) is 3.33. The van der Waals surface area contributed by atoms with Crippen molar-refractivity contribution in [2.75, 3.05) is 5.75 Å². The lowest BCUT2D eigenvalue weighted by Crippen LogP contribution is -2.55. The minimum Gasteiger partial charge on any atom is -0.461 e. The van der Waals surface area contributed by atoms with Gasteiger partial charge in [0.2, 0.25) is 10.0 Å². The van der Waals surface area contributed by atoms with Gasteiger partial charge in [0.1, 0.15) is 6.10 Å². The summed E-state index contributed by atoms with van der Waals surface area (Å²) >= 11 is 0. The smallest absolute Gasteiger partial charge is 0.327 e. The first-order chi connectivity index (χ1) is 20.1. The van der Waals surface area contributed by atoms with Crippen LogP contribution in [0.3, 0.4) is 0 Å². The molecule has 0 spiro atoms. The van der Waals surface area contributed by atoms with Crippen molar-refractivity contribution in [2.45, 2.75) is 142 Å². The molecule has 0 heterocycles. The van der Waals surface area contributed by atoms with E-state index in [2.05, 4.69) is 19.9 Å². The van der Waals surface area contributed by atoms with Crippen molar-refractivity contribution < 1.29 is 17.9 Å². The molecule has 1 aromatic rings. The Hall–Kier alpha value is -1.91. The number of nitrogens with zero attached hydrogens (tertiary/aromatic N) is 2. The Morgan fingerprint density at radius 2 is 1.60 bits per heavy atom. The third-order valence-corrected chi connectivity index (χ3v) is 14.0. The van der Waals surface area contributed by atoms with Gasteiger partial charge in [0, 0.05) is 23.9 Å². The van der Waals surface area contributed by atoms with Gasteiger partial charge in [-0.05, 0) is 68.3 Å². The monoisotopic (exact) mass is 596 g/mol. The number of ether oxygens (including phenoxy) is 1. The van der Waals surface area contributed by atoms with Crippen molar-refractivity contribution in [2.24, 2.45) is 22.2 Å². The first-order valence-electron chi connectivity index (χ1n) is 16.8. The number of benzene rings is 1. The molecule has 0 radical (unpaired) electrons. The second kappa shape index (κ2) is 12.6. The molecule has 4 aliphatic rings. The quantitative estimate of drug-likeness (QED) is 0.246. The molecule has 6 nitrogen and oxygen atoms in total. The molecule has 4 saturated carbocycles. The van der Waals surface area contributed by atoms with Crippen LogP contribution >= 0.6 is 0 Å². The van der Waals surface area contributed by atoms with E-state index in [0.717, 1.165) is 69.8 Å². The SMILES string of the molecule is CCCC(C#N)(Cc1ccccc1)C(=O)O[C@@H]1C[C@H]2CC[C@]1(CS(=O)(=O)N(C1CCCCC1)C1CCCCC1)C2(C)C. The number of esters is 1. The number of carbonyl (C=O) groups excluding carboxylic acids is 1. The molecular weight excluding hydrogens is 544 g/mol. The Labute approximate surface area is 254 Å². The molecule has 42 heavy (non-hydrogen) atoms. The van der Waals surface area contributed by atoms with Crippen LogP contribution in [0.1, 0.15) is 123 Å². The van der Waals surface area contributed by atoms with Crippen molar-refractivity contribution in [3.05, 3.63) is 35.9 Å². The van der Waals surface area contributed by atoms with Gasteiger partial charge in [-0.15, -0.1) is 0 Å². The summed E-state index contributed by atoms with van der Waals surface area (Å²) in [7, 11) is -3.61. The van der Waals surface area contributed by atoms with E-state index in [-0.39, 0.29) is 23.3 Å². The fourth-order valence-electron chi connectivity index (χ4n) is 9.35. The van der Waals surface area contributed by atoms with Crippen molar-refractivity contribution in [3.63, 3.8) is 0 Å². The molecule has 7 heteroatoms. The zero-order chi connectivity index (χ0) is 30.0. The number of fused-ring (bicyclic) bond motifs is 2. The average molecular weight is 597 g/mol. The zero-order valence-corrected chi connectivity index (χ0v) is 27.0. The molecule has 232 valence electrons. The Morgan fingerprint density at radius 3 is 2.12 bits per heavy atom. The molecule has 1 unspecified atom stereocenters. The van der Waals surface area contributed by atoms with E-state index in [0.29, 0.717) is 31.6 Å². The van der Waals surface area contributed by atoms with E-state index >= 15 is 0 Å². The fraction of sp³-hybridized carbons (Fsp3) is 0.771. The van der Waals surface area contributed by atoms with Crippen LogP contribution in [0.25, 0.3) is 0 Å². The van der Waals surface area contributed by atoms with Crippen LogP contribution in [-0.2, 0) is 26.0 Å². The number of hydrogen-bond donors (Lipinski definition) is 0. The summed E-state index contributed by atoms with van der Waals surface area (Å²) in [4.78, 5) is 14.1. The van der Waals surface area contributed by atoms with Gasteiger partial charge in [0.25, 0.3) is 0 Å². The highest BCUT2D eigenvalue weighted by atomic mass is 32.2. The van der Waals surface area contributed by atoms with Crippen LogP contribution in [0.4, 0.5) is 0 Å². The summed E-state index contributed by atoms with van der Waals surface area (Å²) in [6.07, 6.45) is 13.9. The van der Waals surface area contributed by atoms with Gasteiger partial charge in [-0.1, -0.05) is 96.0 Å². The molecule has 0 aromatic heterocycles. The summed E-state index contributed by atoms with van der Waals surface area (Å²) in [5.41, 5.74) is -1.26. The predicted octanol–water partition coefficient (Wildman–Crippen LogP) is 7.57. The van der Waals surface area contributed by atoms with Crippen LogP contribution in [-0.4, -0.2) is 42.6 Å². The first kappa shape index (κ1) is 31.5. The van der Waals surface area contributed by atoms with Crippen molar-refractivity contribution in [3.8, 4) is 6.07 Å². The molecule has 0 amide bonds. The van der Waals surface area contributed by atoms with Crippen LogP contribution in [0.15, 0.2) is 30.3 Å². The van der Waals surface area contributed by atoms with Gasteiger partial charge in [-0.2, -0.15) is 9.57 Å². The van der Waals surface area contributed by atoms with E-state index < -0.39 is 32.9 Å². The Balaban J connectivity index is 1.44. The maximum Gasteiger partial charge on any atom is 0.327 e. The topological polar surface area (TPSA) is 87.5 Å². The maximum atomic E-state index is 14.7. The van der Waals surface area contributed by atoms with Crippen LogP contribution < -0.4 is 0 Å². The fourth-order valence-corrected chi connectivity index (χ4v) is 12.2. The second-order valence-electron chi connectivity index (χ2n) is 14.5. The molecule has 0 saturated heterocycles. The summed E-state index contributed by atoms with van der Waals surface area (Å²) in [6, 6.07) is 12.2. The zero-order valence-electron chi connectivity index (χ0n) is 26.2. The van der Waals surface area contributed by atoms with Gasteiger partial charge in [0.05, 0.1) is 11.8 Å². The largest absolute Gasteiger partial charge is 0.461 e. The van der Waals surface area contributed by atoms with E-state index in [4.69, 9.17) is 4.74 Å². The van der Waals surface area contributed by atoms with Crippen LogP contribution in [0.2, 0.25) is 0 Å². The molecular formula is C35H52N2O4S. The lowest BCUT2D eigenvalue weighted by Gasteiger charge is -2.46. The minimum atomic E-state index is -3.61. The van der Waals surface area contributed by atoms with Crippen molar-refractivity contribution in [1.29, 1.82) is 5.26 Å². The molecule has 4 aliphatic carbocycles. The minimum absolute atomic E-state index is 0.0421. The Bertz CT molecular complexity index is 1210. The van der Waals surface area contributed by atoms with Crippen molar-refractivity contribution in [1.82, 2.24) is 4.31 Å². The number of sulfonamides is 1. The molecule has 0 aliphatic heterocycles. The molecule has 5 rings (SSSR count). The van der Waals surface area contributed by atoms with E-state index in [1.165, 1.54) is 12.8 Å².